The Morgan fingerprint density at radius 1 is 1.29 bits per heavy atom. The molecule has 0 saturated carbocycles. The minimum Gasteiger partial charge on any atom is -0.384 e. The summed E-state index contributed by atoms with van der Waals surface area (Å²) in [5.41, 5.74) is 2.22. The van der Waals surface area contributed by atoms with Crippen LogP contribution in [0.5, 0.6) is 0 Å². The second-order valence-electron chi connectivity index (χ2n) is 8.10. The van der Waals surface area contributed by atoms with E-state index in [0.717, 1.165) is 17.7 Å². The van der Waals surface area contributed by atoms with Crippen molar-refractivity contribution in [3.63, 3.8) is 0 Å². The Hall–Kier alpha value is -2.87. The average Bonchev–Trinajstić information content (AvgIpc) is 3.37. The summed E-state index contributed by atoms with van der Waals surface area (Å²) in [7, 11) is 1.58. The lowest BCUT2D eigenvalue weighted by Crippen LogP contribution is -2.30. The van der Waals surface area contributed by atoms with E-state index >= 15 is 0 Å². The number of fused-ring (bicyclic) bond motifs is 1. The SMILES string of the molecule is COCCC(=O)N1CCC(c2nc(C)c3c(n2)N(CCc2ccccc2F)C(=O)C3)C1. The number of benzene rings is 1. The number of nitrogens with zero attached hydrogens (tertiary/aromatic N) is 4. The van der Waals surface area contributed by atoms with Crippen molar-refractivity contribution in [3.8, 4) is 0 Å². The number of anilines is 1. The second kappa shape index (κ2) is 9.09. The van der Waals surface area contributed by atoms with Crippen LogP contribution in [0.2, 0.25) is 0 Å². The summed E-state index contributed by atoms with van der Waals surface area (Å²) < 4.78 is 19.0. The summed E-state index contributed by atoms with van der Waals surface area (Å²) in [6, 6.07) is 6.62. The molecule has 0 spiro atoms. The Morgan fingerprint density at radius 2 is 2.10 bits per heavy atom. The van der Waals surface area contributed by atoms with Crippen LogP contribution in [-0.4, -0.2) is 60.0 Å². The van der Waals surface area contributed by atoms with Crippen LogP contribution in [0, 0.1) is 12.7 Å². The molecule has 1 atom stereocenters. The van der Waals surface area contributed by atoms with E-state index in [1.54, 1.807) is 30.2 Å². The zero-order valence-electron chi connectivity index (χ0n) is 17.9. The summed E-state index contributed by atoms with van der Waals surface area (Å²) in [6.45, 7) is 3.92. The van der Waals surface area contributed by atoms with Crippen LogP contribution < -0.4 is 4.90 Å². The quantitative estimate of drug-likeness (QED) is 0.680. The number of halogens is 1. The molecule has 2 aliphatic heterocycles. The van der Waals surface area contributed by atoms with Crippen LogP contribution in [-0.2, 0) is 27.2 Å². The van der Waals surface area contributed by atoms with Crippen LogP contribution in [0.4, 0.5) is 10.2 Å². The number of aromatic nitrogens is 2. The molecule has 8 heteroatoms. The van der Waals surface area contributed by atoms with Crippen LogP contribution in [0.15, 0.2) is 24.3 Å². The Morgan fingerprint density at radius 3 is 2.87 bits per heavy atom. The average molecular weight is 426 g/mol. The smallest absolute Gasteiger partial charge is 0.232 e. The molecular formula is C23H27FN4O3. The molecule has 0 bridgehead atoms. The number of carbonyl (C=O) groups is 2. The molecule has 1 fully saturated rings. The molecule has 2 aromatic rings. The molecule has 0 radical (unpaired) electrons. The molecule has 164 valence electrons. The molecule has 4 rings (SSSR count). The van der Waals surface area contributed by atoms with Crippen molar-refractivity contribution in [2.75, 3.05) is 38.3 Å². The summed E-state index contributed by atoms with van der Waals surface area (Å²) in [4.78, 5) is 37.9. The molecule has 3 heterocycles. The predicted molar refractivity (Wildman–Crippen MR) is 113 cm³/mol. The van der Waals surface area contributed by atoms with Crippen molar-refractivity contribution < 1.29 is 18.7 Å². The van der Waals surface area contributed by atoms with Crippen LogP contribution in [0.1, 0.15) is 41.4 Å². The van der Waals surface area contributed by atoms with Crippen LogP contribution >= 0.6 is 0 Å². The van der Waals surface area contributed by atoms with Gasteiger partial charge in [-0.25, -0.2) is 14.4 Å². The molecule has 7 nitrogen and oxygen atoms in total. The van der Waals surface area contributed by atoms with Gasteiger partial charge in [-0.05, 0) is 31.4 Å². The van der Waals surface area contributed by atoms with Gasteiger partial charge in [-0.2, -0.15) is 0 Å². The highest BCUT2D eigenvalue weighted by atomic mass is 19.1. The predicted octanol–water partition coefficient (Wildman–Crippen LogP) is 2.41. The summed E-state index contributed by atoms with van der Waals surface area (Å²) in [5.74, 6) is 1.11. The number of rotatable bonds is 7. The monoisotopic (exact) mass is 426 g/mol. The fourth-order valence-electron chi connectivity index (χ4n) is 4.29. The lowest BCUT2D eigenvalue weighted by atomic mass is 10.1. The van der Waals surface area contributed by atoms with Gasteiger partial charge < -0.3 is 9.64 Å². The highest BCUT2D eigenvalue weighted by molar-refractivity contribution is 6.00. The molecule has 0 N–H and O–H groups in total. The first-order valence-electron chi connectivity index (χ1n) is 10.7. The maximum Gasteiger partial charge on any atom is 0.232 e. The van der Waals surface area contributed by atoms with Crippen molar-refractivity contribution >= 4 is 17.6 Å². The topological polar surface area (TPSA) is 75.6 Å². The number of aryl methyl sites for hydroxylation is 1. The maximum atomic E-state index is 14.0. The number of ether oxygens (including phenoxy) is 1. The van der Waals surface area contributed by atoms with E-state index < -0.39 is 0 Å². The fourth-order valence-corrected chi connectivity index (χ4v) is 4.29. The number of likely N-dealkylation sites (tertiary alicyclic amines) is 1. The zero-order valence-corrected chi connectivity index (χ0v) is 17.9. The largest absolute Gasteiger partial charge is 0.384 e. The van der Waals surface area contributed by atoms with E-state index in [-0.39, 0.29) is 30.0 Å². The van der Waals surface area contributed by atoms with Gasteiger partial charge in [0.1, 0.15) is 17.5 Å². The number of hydrogen-bond acceptors (Lipinski definition) is 5. The number of hydrogen-bond donors (Lipinski definition) is 0. The van der Waals surface area contributed by atoms with Gasteiger partial charge >= 0.3 is 0 Å². The van der Waals surface area contributed by atoms with Crippen molar-refractivity contribution in [2.45, 2.75) is 38.5 Å². The third-order valence-corrected chi connectivity index (χ3v) is 6.08. The molecule has 31 heavy (non-hydrogen) atoms. The lowest BCUT2D eigenvalue weighted by molar-refractivity contribution is -0.131. The second-order valence-corrected chi connectivity index (χ2v) is 8.10. The minimum absolute atomic E-state index is 0.0383. The number of amides is 2. The first-order chi connectivity index (χ1) is 15.0. The molecule has 2 aliphatic rings. The number of methoxy groups -OCH3 is 1. The molecular weight excluding hydrogens is 399 g/mol. The third kappa shape index (κ3) is 4.44. The van der Waals surface area contributed by atoms with E-state index in [9.17, 15) is 14.0 Å². The fraction of sp³-hybridized carbons (Fsp3) is 0.478. The minimum atomic E-state index is -0.266. The van der Waals surface area contributed by atoms with Gasteiger partial charge in [-0.3, -0.25) is 14.5 Å². The van der Waals surface area contributed by atoms with Gasteiger partial charge in [-0.1, -0.05) is 18.2 Å². The van der Waals surface area contributed by atoms with Gasteiger partial charge in [0.05, 0.1) is 19.4 Å². The van der Waals surface area contributed by atoms with Gasteiger partial charge in [-0.15, -0.1) is 0 Å². The highest BCUT2D eigenvalue weighted by Crippen LogP contribution is 2.33. The van der Waals surface area contributed by atoms with Crippen molar-refractivity contribution in [2.24, 2.45) is 0 Å². The van der Waals surface area contributed by atoms with Crippen LogP contribution in [0.25, 0.3) is 0 Å². The Balaban J connectivity index is 1.51. The van der Waals surface area contributed by atoms with Gasteiger partial charge in [0.25, 0.3) is 0 Å². The van der Waals surface area contributed by atoms with E-state index in [4.69, 9.17) is 9.72 Å². The van der Waals surface area contributed by atoms with Gasteiger partial charge in [0.2, 0.25) is 11.8 Å². The molecule has 1 unspecified atom stereocenters. The third-order valence-electron chi connectivity index (χ3n) is 6.08. The van der Waals surface area contributed by atoms with Crippen molar-refractivity contribution in [3.05, 3.63) is 52.7 Å². The summed E-state index contributed by atoms with van der Waals surface area (Å²) in [5, 5.41) is 0. The van der Waals surface area contributed by atoms with E-state index in [2.05, 4.69) is 4.98 Å². The molecule has 1 aromatic carbocycles. The molecule has 2 amide bonds. The standard InChI is InChI=1S/C23H27FN4O3/c1-15-18-13-21(30)28(11-8-16-5-3-4-6-19(16)24)23(18)26-22(25-15)17-7-10-27(14-17)20(29)9-12-31-2/h3-6,17H,7-14H2,1-2H3. The van der Waals surface area contributed by atoms with Crippen LogP contribution in [0.3, 0.4) is 0 Å². The molecule has 1 saturated heterocycles. The Labute approximate surface area is 181 Å². The van der Waals surface area contributed by atoms with E-state index in [1.807, 2.05) is 11.8 Å². The van der Waals surface area contributed by atoms with Gasteiger partial charge in [0.15, 0.2) is 0 Å². The summed E-state index contributed by atoms with van der Waals surface area (Å²) in [6.07, 6.45) is 1.85. The van der Waals surface area contributed by atoms with Crippen molar-refractivity contribution in [1.29, 1.82) is 0 Å². The maximum absolute atomic E-state index is 14.0. The van der Waals surface area contributed by atoms with Gasteiger partial charge in [0, 0.05) is 43.9 Å². The van der Waals surface area contributed by atoms with E-state index in [0.29, 0.717) is 56.3 Å². The normalized spacial score (nSPS) is 18.0. The Bertz CT molecular complexity index is 997. The number of carbonyl (C=O) groups excluding carboxylic acids is 2. The molecule has 1 aromatic heterocycles. The zero-order chi connectivity index (χ0) is 22.0. The summed E-state index contributed by atoms with van der Waals surface area (Å²) >= 11 is 0. The van der Waals surface area contributed by atoms with Crippen molar-refractivity contribution in [1.82, 2.24) is 14.9 Å². The Kier molecular flexibility index (Phi) is 6.27. The lowest BCUT2D eigenvalue weighted by Gasteiger charge is -2.19. The molecule has 0 aliphatic carbocycles. The first-order valence-corrected chi connectivity index (χ1v) is 10.7. The highest BCUT2D eigenvalue weighted by Gasteiger charge is 2.34. The first kappa shape index (κ1) is 21.4. The van der Waals surface area contributed by atoms with E-state index in [1.165, 1.54) is 6.07 Å².